The second-order valence-corrected chi connectivity index (χ2v) is 6.68. The number of aromatic nitrogens is 2. The van der Waals surface area contributed by atoms with E-state index in [2.05, 4.69) is 10.3 Å². The third-order valence-electron chi connectivity index (χ3n) is 3.96. The first-order chi connectivity index (χ1) is 11.1. The van der Waals surface area contributed by atoms with E-state index in [0.717, 1.165) is 23.1 Å². The molecule has 2 heterocycles. The summed E-state index contributed by atoms with van der Waals surface area (Å²) in [6.45, 7) is 1.97. The van der Waals surface area contributed by atoms with E-state index in [0.29, 0.717) is 18.1 Å². The summed E-state index contributed by atoms with van der Waals surface area (Å²) >= 11 is 1.62. The van der Waals surface area contributed by atoms with Crippen LogP contribution in [0.2, 0.25) is 0 Å². The minimum Gasteiger partial charge on any atom is -0.334 e. The SMILES string of the molecule is CCCC(=O)N1CSCC1C(=O)Nc1ccc2ncn(C)c2c1. The number of benzene rings is 1. The average molecular weight is 332 g/mol. The van der Waals surface area contributed by atoms with Crippen LogP contribution in [-0.4, -0.2) is 43.9 Å². The topological polar surface area (TPSA) is 67.2 Å². The van der Waals surface area contributed by atoms with Crippen LogP contribution in [0, 0.1) is 0 Å². The van der Waals surface area contributed by atoms with Crippen LogP contribution < -0.4 is 5.32 Å². The van der Waals surface area contributed by atoms with Crippen LogP contribution in [0.5, 0.6) is 0 Å². The summed E-state index contributed by atoms with van der Waals surface area (Å²) in [6.07, 6.45) is 3.03. The number of hydrogen-bond donors (Lipinski definition) is 1. The number of aryl methyl sites for hydroxylation is 1. The van der Waals surface area contributed by atoms with E-state index in [9.17, 15) is 9.59 Å². The fourth-order valence-electron chi connectivity index (χ4n) is 2.69. The van der Waals surface area contributed by atoms with Crippen molar-refractivity contribution in [3.05, 3.63) is 24.5 Å². The molecule has 0 saturated carbocycles. The zero-order chi connectivity index (χ0) is 16.4. The number of carbonyl (C=O) groups is 2. The molecule has 3 rings (SSSR count). The van der Waals surface area contributed by atoms with Gasteiger partial charge in [-0.1, -0.05) is 6.92 Å². The lowest BCUT2D eigenvalue weighted by atomic mass is 10.2. The van der Waals surface area contributed by atoms with E-state index in [4.69, 9.17) is 0 Å². The van der Waals surface area contributed by atoms with Gasteiger partial charge in [-0.05, 0) is 24.6 Å². The second-order valence-electron chi connectivity index (χ2n) is 5.68. The molecule has 1 aliphatic heterocycles. The molecule has 1 N–H and O–H groups in total. The van der Waals surface area contributed by atoms with Crippen LogP contribution in [0.3, 0.4) is 0 Å². The number of imidazole rings is 1. The summed E-state index contributed by atoms with van der Waals surface area (Å²) in [5.74, 6) is 1.17. The number of rotatable bonds is 4. The van der Waals surface area contributed by atoms with Gasteiger partial charge in [-0.2, -0.15) is 0 Å². The molecule has 0 radical (unpaired) electrons. The molecule has 2 amide bonds. The lowest BCUT2D eigenvalue weighted by Crippen LogP contribution is -2.44. The molecular weight excluding hydrogens is 312 g/mol. The molecule has 1 unspecified atom stereocenters. The Labute approximate surface area is 139 Å². The Morgan fingerprint density at radius 1 is 1.43 bits per heavy atom. The minimum absolute atomic E-state index is 0.0553. The summed E-state index contributed by atoms with van der Waals surface area (Å²) in [4.78, 5) is 30.6. The van der Waals surface area contributed by atoms with Gasteiger partial charge < -0.3 is 14.8 Å². The van der Waals surface area contributed by atoms with Gasteiger partial charge in [0.1, 0.15) is 6.04 Å². The summed E-state index contributed by atoms with van der Waals surface area (Å²) in [5, 5.41) is 2.93. The van der Waals surface area contributed by atoms with E-state index in [1.54, 1.807) is 23.0 Å². The third kappa shape index (κ3) is 3.19. The van der Waals surface area contributed by atoms with E-state index < -0.39 is 0 Å². The van der Waals surface area contributed by atoms with Crippen molar-refractivity contribution in [2.24, 2.45) is 7.05 Å². The highest BCUT2D eigenvalue weighted by Gasteiger charge is 2.34. The molecule has 1 atom stereocenters. The van der Waals surface area contributed by atoms with Crippen LogP contribution in [0.1, 0.15) is 19.8 Å². The molecule has 1 aromatic heterocycles. The monoisotopic (exact) mass is 332 g/mol. The highest BCUT2D eigenvalue weighted by molar-refractivity contribution is 7.99. The fraction of sp³-hybridized carbons (Fsp3) is 0.438. The summed E-state index contributed by atoms with van der Waals surface area (Å²) in [5.41, 5.74) is 2.58. The van der Waals surface area contributed by atoms with Gasteiger partial charge in [0.05, 0.1) is 23.2 Å². The van der Waals surface area contributed by atoms with Gasteiger partial charge in [-0.15, -0.1) is 11.8 Å². The standard InChI is InChI=1S/C16H20N4O2S/c1-3-4-15(21)20-10-23-8-14(20)16(22)18-11-5-6-12-13(7-11)19(2)9-17-12/h5-7,9,14H,3-4,8,10H2,1-2H3,(H,18,22). The van der Waals surface area contributed by atoms with E-state index in [1.807, 2.05) is 36.7 Å². The number of fused-ring (bicyclic) bond motifs is 1. The first kappa shape index (κ1) is 15.9. The van der Waals surface area contributed by atoms with Crippen LogP contribution in [0.25, 0.3) is 11.0 Å². The molecule has 6 nitrogen and oxygen atoms in total. The number of nitrogens with one attached hydrogen (secondary N) is 1. The van der Waals surface area contributed by atoms with Crippen LogP contribution in [-0.2, 0) is 16.6 Å². The van der Waals surface area contributed by atoms with Crippen molar-refractivity contribution in [2.45, 2.75) is 25.8 Å². The van der Waals surface area contributed by atoms with Gasteiger partial charge in [0.25, 0.3) is 0 Å². The lowest BCUT2D eigenvalue weighted by Gasteiger charge is -2.23. The van der Waals surface area contributed by atoms with E-state index in [-0.39, 0.29) is 17.9 Å². The third-order valence-corrected chi connectivity index (χ3v) is 4.97. The molecule has 1 aromatic carbocycles. The fourth-order valence-corrected chi connectivity index (χ4v) is 3.87. The van der Waals surface area contributed by atoms with Gasteiger partial charge in [0.15, 0.2) is 0 Å². The number of hydrogen-bond acceptors (Lipinski definition) is 4. The van der Waals surface area contributed by atoms with Gasteiger partial charge in [0, 0.05) is 24.9 Å². The molecule has 1 fully saturated rings. The smallest absolute Gasteiger partial charge is 0.248 e. The van der Waals surface area contributed by atoms with Crippen molar-refractivity contribution in [3.8, 4) is 0 Å². The van der Waals surface area contributed by atoms with Crippen LogP contribution in [0.15, 0.2) is 24.5 Å². The van der Waals surface area contributed by atoms with E-state index in [1.165, 1.54) is 0 Å². The summed E-state index contributed by atoms with van der Waals surface area (Å²) in [7, 11) is 1.92. The molecule has 0 bridgehead atoms. The number of anilines is 1. The van der Waals surface area contributed by atoms with Crippen molar-refractivity contribution < 1.29 is 9.59 Å². The molecule has 2 aromatic rings. The van der Waals surface area contributed by atoms with Crippen LogP contribution >= 0.6 is 11.8 Å². The molecule has 7 heteroatoms. The molecule has 1 aliphatic rings. The first-order valence-electron chi connectivity index (χ1n) is 7.69. The maximum absolute atomic E-state index is 12.6. The van der Waals surface area contributed by atoms with Crippen molar-refractivity contribution >= 4 is 40.3 Å². The van der Waals surface area contributed by atoms with Crippen molar-refractivity contribution in [2.75, 3.05) is 16.9 Å². The predicted octanol–water partition coefficient (Wildman–Crippen LogP) is 2.21. The molecular formula is C16H20N4O2S. The molecule has 0 aliphatic carbocycles. The Hall–Kier alpha value is -2.02. The highest BCUT2D eigenvalue weighted by atomic mass is 32.2. The first-order valence-corrected chi connectivity index (χ1v) is 8.84. The van der Waals surface area contributed by atoms with E-state index >= 15 is 0 Å². The lowest BCUT2D eigenvalue weighted by molar-refractivity contribution is -0.136. The number of carbonyl (C=O) groups excluding carboxylic acids is 2. The van der Waals surface area contributed by atoms with Gasteiger partial charge >= 0.3 is 0 Å². The Morgan fingerprint density at radius 2 is 2.26 bits per heavy atom. The average Bonchev–Trinajstić information content (AvgIpc) is 3.15. The Balaban J connectivity index is 1.74. The second kappa shape index (κ2) is 6.62. The maximum Gasteiger partial charge on any atom is 0.248 e. The number of amides is 2. The van der Waals surface area contributed by atoms with Crippen molar-refractivity contribution in [1.82, 2.24) is 14.5 Å². The maximum atomic E-state index is 12.6. The Kier molecular flexibility index (Phi) is 4.56. The summed E-state index contributed by atoms with van der Waals surface area (Å²) in [6, 6.07) is 5.24. The quantitative estimate of drug-likeness (QED) is 0.932. The largest absolute Gasteiger partial charge is 0.334 e. The van der Waals surface area contributed by atoms with Crippen molar-refractivity contribution in [1.29, 1.82) is 0 Å². The predicted molar refractivity (Wildman–Crippen MR) is 92.2 cm³/mol. The Morgan fingerprint density at radius 3 is 3.04 bits per heavy atom. The van der Waals surface area contributed by atoms with Gasteiger partial charge in [-0.3, -0.25) is 9.59 Å². The normalized spacial score (nSPS) is 17.7. The highest BCUT2D eigenvalue weighted by Crippen LogP contribution is 2.24. The zero-order valence-electron chi connectivity index (χ0n) is 13.3. The molecule has 1 saturated heterocycles. The van der Waals surface area contributed by atoms with Crippen molar-refractivity contribution in [3.63, 3.8) is 0 Å². The zero-order valence-corrected chi connectivity index (χ0v) is 14.1. The van der Waals surface area contributed by atoms with Gasteiger partial charge in [-0.25, -0.2) is 4.98 Å². The van der Waals surface area contributed by atoms with Gasteiger partial charge in [0.2, 0.25) is 11.8 Å². The molecule has 122 valence electrons. The molecule has 0 spiro atoms. The minimum atomic E-state index is -0.388. The van der Waals surface area contributed by atoms with Crippen LogP contribution in [0.4, 0.5) is 5.69 Å². The molecule has 23 heavy (non-hydrogen) atoms. The summed E-state index contributed by atoms with van der Waals surface area (Å²) < 4.78 is 1.91. The number of thioether (sulfide) groups is 1. The Bertz CT molecular complexity index is 743. The number of nitrogens with zero attached hydrogens (tertiary/aromatic N) is 3.